The number of aromatic nitrogens is 2. The standard InChI is InChI=1S/C12H15N3O3/c1-16-10-8-11(17-2)15-12(14-10)13-6-5-9-4-3-7-18-9/h3-4,7-8H,5-6H2,1-2H3,(H,13,14,15). The second-order valence-corrected chi connectivity index (χ2v) is 3.53. The molecule has 6 heteroatoms. The van der Waals surface area contributed by atoms with Gasteiger partial charge in [0.15, 0.2) is 0 Å². The molecular weight excluding hydrogens is 234 g/mol. The molecule has 0 aliphatic rings. The lowest BCUT2D eigenvalue weighted by atomic mass is 10.3. The molecule has 2 heterocycles. The fraction of sp³-hybridized carbons (Fsp3) is 0.333. The number of hydrogen-bond acceptors (Lipinski definition) is 6. The molecule has 0 bridgehead atoms. The number of furan rings is 1. The van der Waals surface area contributed by atoms with Gasteiger partial charge in [0.05, 0.1) is 26.5 Å². The van der Waals surface area contributed by atoms with Gasteiger partial charge in [-0.05, 0) is 12.1 Å². The summed E-state index contributed by atoms with van der Waals surface area (Å²) in [5.41, 5.74) is 0. The Hall–Kier alpha value is -2.24. The second kappa shape index (κ2) is 5.90. The van der Waals surface area contributed by atoms with Crippen molar-refractivity contribution in [2.24, 2.45) is 0 Å². The minimum Gasteiger partial charge on any atom is -0.481 e. The van der Waals surface area contributed by atoms with Crippen LogP contribution >= 0.6 is 0 Å². The van der Waals surface area contributed by atoms with E-state index in [1.807, 2.05) is 12.1 Å². The Balaban J connectivity index is 1.95. The van der Waals surface area contributed by atoms with Crippen LogP contribution in [0.25, 0.3) is 0 Å². The fourth-order valence-electron chi connectivity index (χ4n) is 1.44. The summed E-state index contributed by atoms with van der Waals surface area (Å²) in [6, 6.07) is 5.41. The highest BCUT2D eigenvalue weighted by atomic mass is 16.5. The number of ether oxygens (including phenoxy) is 2. The second-order valence-electron chi connectivity index (χ2n) is 3.53. The molecule has 0 radical (unpaired) electrons. The SMILES string of the molecule is COc1cc(OC)nc(NCCc2ccco2)n1. The van der Waals surface area contributed by atoms with Gasteiger partial charge in [-0.2, -0.15) is 9.97 Å². The van der Waals surface area contributed by atoms with Crippen LogP contribution in [0.3, 0.4) is 0 Å². The van der Waals surface area contributed by atoms with Crippen molar-refractivity contribution >= 4 is 5.95 Å². The van der Waals surface area contributed by atoms with Crippen LogP contribution in [0.1, 0.15) is 5.76 Å². The molecule has 0 amide bonds. The molecule has 0 aromatic carbocycles. The quantitative estimate of drug-likeness (QED) is 0.841. The fourth-order valence-corrected chi connectivity index (χ4v) is 1.44. The maximum atomic E-state index is 5.23. The van der Waals surface area contributed by atoms with E-state index in [-0.39, 0.29) is 0 Å². The summed E-state index contributed by atoms with van der Waals surface area (Å²) >= 11 is 0. The molecule has 0 spiro atoms. The average Bonchev–Trinajstić information content (AvgIpc) is 2.91. The lowest BCUT2D eigenvalue weighted by molar-refractivity contribution is 0.373. The van der Waals surface area contributed by atoms with Crippen LogP contribution in [0, 0.1) is 0 Å². The van der Waals surface area contributed by atoms with Crippen molar-refractivity contribution in [1.29, 1.82) is 0 Å². The Morgan fingerprint density at radius 2 is 1.94 bits per heavy atom. The number of nitrogens with one attached hydrogen (secondary N) is 1. The first-order valence-electron chi connectivity index (χ1n) is 5.55. The highest BCUT2D eigenvalue weighted by Crippen LogP contribution is 2.17. The molecule has 0 fully saturated rings. The first-order valence-corrected chi connectivity index (χ1v) is 5.55. The molecule has 0 saturated carbocycles. The molecule has 2 aromatic rings. The summed E-state index contributed by atoms with van der Waals surface area (Å²) in [6.45, 7) is 0.670. The molecule has 6 nitrogen and oxygen atoms in total. The number of hydrogen-bond donors (Lipinski definition) is 1. The largest absolute Gasteiger partial charge is 0.481 e. The first-order chi connectivity index (χ1) is 8.81. The van der Waals surface area contributed by atoms with Gasteiger partial charge >= 0.3 is 0 Å². The lowest BCUT2D eigenvalue weighted by Crippen LogP contribution is -2.08. The maximum absolute atomic E-state index is 5.23. The van der Waals surface area contributed by atoms with Gasteiger partial charge in [0.2, 0.25) is 17.7 Å². The van der Waals surface area contributed by atoms with Gasteiger partial charge in [-0.15, -0.1) is 0 Å². The van der Waals surface area contributed by atoms with Crippen molar-refractivity contribution in [3.05, 3.63) is 30.2 Å². The van der Waals surface area contributed by atoms with Crippen LogP contribution in [-0.4, -0.2) is 30.7 Å². The van der Waals surface area contributed by atoms with E-state index < -0.39 is 0 Å². The van der Waals surface area contributed by atoms with E-state index in [0.717, 1.165) is 12.2 Å². The minimum atomic E-state index is 0.461. The third-order valence-corrected chi connectivity index (χ3v) is 2.33. The number of nitrogens with zero attached hydrogens (tertiary/aromatic N) is 2. The average molecular weight is 249 g/mol. The summed E-state index contributed by atoms with van der Waals surface area (Å²) < 4.78 is 15.4. The van der Waals surface area contributed by atoms with Crippen molar-refractivity contribution in [2.75, 3.05) is 26.1 Å². The molecule has 0 aliphatic carbocycles. The van der Waals surface area contributed by atoms with E-state index in [1.165, 1.54) is 0 Å². The van der Waals surface area contributed by atoms with E-state index in [2.05, 4.69) is 15.3 Å². The molecule has 96 valence electrons. The maximum Gasteiger partial charge on any atom is 0.229 e. The Bertz CT molecular complexity index is 463. The topological polar surface area (TPSA) is 69.4 Å². The molecule has 0 aliphatic heterocycles. The predicted molar refractivity (Wildman–Crippen MR) is 66.0 cm³/mol. The third-order valence-electron chi connectivity index (χ3n) is 2.33. The highest BCUT2D eigenvalue weighted by Gasteiger charge is 2.05. The Morgan fingerprint density at radius 1 is 1.22 bits per heavy atom. The van der Waals surface area contributed by atoms with Crippen molar-refractivity contribution in [2.45, 2.75) is 6.42 Å². The van der Waals surface area contributed by atoms with Crippen LogP contribution in [0.5, 0.6) is 11.8 Å². The van der Waals surface area contributed by atoms with Crippen molar-refractivity contribution < 1.29 is 13.9 Å². The summed E-state index contributed by atoms with van der Waals surface area (Å²) in [6.07, 6.45) is 2.41. The zero-order valence-corrected chi connectivity index (χ0v) is 10.3. The third kappa shape index (κ3) is 3.13. The molecule has 0 saturated heterocycles. The summed E-state index contributed by atoms with van der Waals surface area (Å²) in [4.78, 5) is 8.33. The van der Waals surface area contributed by atoms with Crippen molar-refractivity contribution in [3.63, 3.8) is 0 Å². The number of rotatable bonds is 6. The van der Waals surface area contributed by atoms with Gasteiger partial charge in [-0.1, -0.05) is 0 Å². The molecule has 2 aromatic heterocycles. The zero-order valence-electron chi connectivity index (χ0n) is 10.3. The lowest BCUT2D eigenvalue weighted by Gasteiger charge is -2.07. The molecule has 1 N–H and O–H groups in total. The first kappa shape index (κ1) is 12.2. The molecular formula is C12H15N3O3. The van der Waals surface area contributed by atoms with E-state index in [1.54, 1.807) is 26.5 Å². The van der Waals surface area contributed by atoms with E-state index in [9.17, 15) is 0 Å². The molecule has 0 atom stereocenters. The normalized spacial score (nSPS) is 10.1. The van der Waals surface area contributed by atoms with Crippen LogP contribution < -0.4 is 14.8 Å². The number of anilines is 1. The van der Waals surface area contributed by atoms with Gasteiger partial charge in [0.1, 0.15) is 5.76 Å². The molecule has 18 heavy (non-hydrogen) atoms. The van der Waals surface area contributed by atoms with E-state index >= 15 is 0 Å². The monoisotopic (exact) mass is 249 g/mol. The Morgan fingerprint density at radius 3 is 2.50 bits per heavy atom. The van der Waals surface area contributed by atoms with Crippen molar-refractivity contribution in [3.8, 4) is 11.8 Å². The summed E-state index contributed by atoms with van der Waals surface area (Å²) in [5, 5.41) is 3.09. The molecule has 0 unspecified atom stereocenters. The Labute approximate surface area is 105 Å². The van der Waals surface area contributed by atoms with Gasteiger partial charge < -0.3 is 19.2 Å². The van der Waals surface area contributed by atoms with Gasteiger partial charge in [-0.25, -0.2) is 0 Å². The highest BCUT2D eigenvalue weighted by molar-refractivity contribution is 5.33. The van der Waals surface area contributed by atoms with E-state index in [4.69, 9.17) is 13.9 Å². The van der Waals surface area contributed by atoms with Crippen LogP contribution in [0.2, 0.25) is 0 Å². The van der Waals surface area contributed by atoms with E-state index in [0.29, 0.717) is 24.3 Å². The number of methoxy groups -OCH3 is 2. The van der Waals surface area contributed by atoms with Crippen LogP contribution in [-0.2, 0) is 6.42 Å². The van der Waals surface area contributed by atoms with Crippen molar-refractivity contribution in [1.82, 2.24) is 9.97 Å². The summed E-state index contributed by atoms with van der Waals surface area (Å²) in [7, 11) is 3.10. The minimum absolute atomic E-state index is 0.461. The Kier molecular flexibility index (Phi) is 4.01. The predicted octanol–water partition coefficient (Wildman–Crippen LogP) is 1.74. The zero-order chi connectivity index (χ0) is 12.8. The van der Waals surface area contributed by atoms with Gasteiger partial charge in [0, 0.05) is 13.0 Å². The smallest absolute Gasteiger partial charge is 0.229 e. The van der Waals surface area contributed by atoms with Gasteiger partial charge in [-0.3, -0.25) is 0 Å². The molecule has 2 rings (SSSR count). The van der Waals surface area contributed by atoms with Crippen LogP contribution in [0.4, 0.5) is 5.95 Å². The summed E-state index contributed by atoms with van der Waals surface area (Å²) in [5.74, 6) is 2.31. The van der Waals surface area contributed by atoms with Gasteiger partial charge in [0.25, 0.3) is 0 Å². The van der Waals surface area contributed by atoms with Crippen LogP contribution in [0.15, 0.2) is 28.9 Å².